The highest BCUT2D eigenvalue weighted by molar-refractivity contribution is 7.74. The normalized spacial score (nSPS) is 19.1. The van der Waals surface area contributed by atoms with Crippen LogP contribution in [-0.2, 0) is 43.3 Å². The van der Waals surface area contributed by atoms with Gasteiger partial charge in [0.25, 0.3) is 0 Å². The van der Waals surface area contributed by atoms with Crippen LogP contribution in [0.3, 0.4) is 0 Å². The summed E-state index contributed by atoms with van der Waals surface area (Å²) >= 11 is 0. The van der Waals surface area contributed by atoms with Gasteiger partial charge in [-0.25, -0.2) is 0 Å². The number of rotatable bonds is 13. The largest absolute Gasteiger partial charge is 0.496 e. The maximum Gasteiger partial charge on any atom is 0.126 e. The number of ether oxygens (including phenoxy) is 1. The Morgan fingerprint density at radius 3 is 0.742 bits per heavy atom. The Bertz CT molecular complexity index is 3270. The number of benzene rings is 6. The first-order chi connectivity index (χ1) is 42.6. The molecule has 6 aromatic carbocycles. The summed E-state index contributed by atoms with van der Waals surface area (Å²) in [6, 6.07) is 44.5. The second kappa shape index (κ2) is 28.4. The lowest BCUT2D eigenvalue weighted by molar-refractivity contribution is 0.217. The topological polar surface area (TPSA) is 15.7 Å². The summed E-state index contributed by atoms with van der Waals surface area (Å²) < 4.78 is 6.29. The Balaban J connectivity index is 0.000000264. The summed E-state index contributed by atoms with van der Waals surface area (Å²) in [6.07, 6.45) is 7.69. The molecule has 7 atom stereocenters. The fourth-order valence-electron chi connectivity index (χ4n) is 16.8. The predicted molar refractivity (Wildman–Crippen MR) is 417 cm³/mol. The van der Waals surface area contributed by atoms with Gasteiger partial charge in [0.1, 0.15) is 5.75 Å². The van der Waals surface area contributed by atoms with E-state index >= 15 is 0 Å². The Labute approximate surface area is 574 Å². The van der Waals surface area contributed by atoms with Gasteiger partial charge < -0.3 is 14.5 Å². The van der Waals surface area contributed by atoms with Crippen molar-refractivity contribution in [3.8, 4) is 5.75 Å². The quantitative estimate of drug-likeness (QED) is 0.107. The third-order valence-corrected chi connectivity index (χ3v) is 26.8. The average Bonchev–Trinajstić information content (AvgIpc) is 1.65. The summed E-state index contributed by atoms with van der Waals surface area (Å²) in [4.78, 5) is 5.01. The average molecular weight is 1300 g/mol. The molecule has 8 rings (SSSR count). The van der Waals surface area contributed by atoms with Crippen LogP contribution >= 0.6 is 15.8 Å². The maximum absolute atomic E-state index is 6.29. The summed E-state index contributed by atoms with van der Waals surface area (Å²) in [7, 11) is 9.70. The van der Waals surface area contributed by atoms with E-state index in [0.717, 1.165) is 5.75 Å². The van der Waals surface area contributed by atoms with Gasteiger partial charge in [-0.1, -0.05) is 276 Å². The zero-order chi connectivity index (χ0) is 69.8. The van der Waals surface area contributed by atoms with Gasteiger partial charge in [0.05, 0.1) is 7.11 Å². The molecule has 93 heavy (non-hydrogen) atoms. The highest BCUT2D eigenvalue weighted by Gasteiger charge is 2.45. The fraction of sp³-hybridized carbons (Fsp3) is 0.591. The standard InChI is InChI=1S/C44H66NOP.C44H66NP/c1-29-34(41(2,3)4)25-31(26-35(29)42(5,6)7)47(32-27-36(43(8,9)10)40(46-16)37(28-32)44(11,12)13)38-24-20-23-33(38)39(45(14)15)30-21-18-17-19-22-30;1-29-35(41(3,4)5)25-32(26-36(29)42(6,7)8)46(33-27-37(43(9,10)11)30(2)38(28-33)44(12,13)14)39-24-20-23-34(39)40(45(15)16)31-21-18-17-19-22-31/h17-19,21-22,25-28,33,38-39H,20,23-24H2,1-16H3;17-19,21-22,25-28,34,39-40H,20,23-24H2,1-16H3/t33?,38?,39-,47?;34?,39?,40-/m11/s1. The molecule has 2 saturated carbocycles. The van der Waals surface area contributed by atoms with Crippen LogP contribution in [0.4, 0.5) is 0 Å². The molecule has 0 N–H and O–H groups in total. The number of hydrogen-bond acceptors (Lipinski definition) is 3. The first-order valence-electron chi connectivity index (χ1n) is 35.8. The zero-order valence-corrected chi connectivity index (χ0v) is 67.1. The van der Waals surface area contributed by atoms with Crippen molar-refractivity contribution in [3.05, 3.63) is 182 Å². The summed E-state index contributed by atoms with van der Waals surface area (Å²) in [5.74, 6) is 2.23. The van der Waals surface area contributed by atoms with Crippen molar-refractivity contribution in [1.29, 1.82) is 0 Å². The van der Waals surface area contributed by atoms with E-state index in [1.807, 2.05) is 7.11 Å². The molecule has 5 unspecified atom stereocenters. The van der Waals surface area contributed by atoms with Gasteiger partial charge in [0, 0.05) is 23.2 Å². The number of hydrogen-bond donors (Lipinski definition) is 0. The lowest BCUT2D eigenvalue weighted by atomic mass is 9.77. The molecule has 6 aromatic rings. The first kappa shape index (κ1) is 76.3. The fourth-order valence-corrected chi connectivity index (χ4v) is 23.4. The molecule has 2 fully saturated rings. The third-order valence-electron chi connectivity index (χ3n) is 21.0. The molecule has 0 bridgehead atoms. The highest BCUT2D eigenvalue weighted by Crippen LogP contribution is 2.58. The van der Waals surface area contributed by atoms with Crippen molar-refractivity contribution in [2.45, 2.75) is 292 Å². The van der Waals surface area contributed by atoms with Crippen LogP contribution in [0.2, 0.25) is 0 Å². The minimum atomic E-state index is -0.704. The van der Waals surface area contributed by atoms with E-state index in [1.165, 1.54) is 116 Å². The van der Waals surface area contributed by atoms with E-state index < -0.39 is 15.8 Å². The molecule has 510 valence electrons. The van der Waals surface area contributed by atoms with E-state index in [2.05, 4.69) is 334 Å². The minimum Gasteiger partial charge on any atom is -0.496 e. The van der Waals surface area contributed by atoms with E-state index in [-0.39, 0.29) is 43.3 Å². The Morgan fingerprint density at radius 2 is 0.548 bits per heavy atom. The van der Waals surface area contributed by atoms with Gasteiger partial charge in [-0.3, -0.25) is 0 Å². The Kier molecular flexibility index (Phi) is 23.3. The van der Waals surface area contributed by atoms with E-state index in [9.17, 15) is 0 Å². The number of methoxy groups -OCH3 is 1. The molecular formula is C88H132N2OP2. The molecule has 5 heteroatoms. The van der Waals surface area contributed by atoms with Crippen molar-refractivity contribution >= 4 is 37.1 Å². The number of nitrogens with zero attached hydrogens (tertiary/aromatic N) is 2. The molecular weight excluding hydrogens is 1160 g/mol. The van der Waals surface area contributed by atoms with Crippen LogP contribution in [0.15, 0.2) is 109 Å². The summed E-state index contributed by atoms with van der Waals surface area (Å²) in [5.41, 5.74) is 20.5. The maximum atomic E-state index is 6.29. The van der Waals surface area contributed by atoms with E-state index in [4.69, 9.17) is 4.74 Å². The highest BCUT2D eigenvalue weighted by atomic mass is 31.1. The lowest BCUT2D eigenvalue weighted by Gasteiger charge is -2.40. The van der Waals surface area contributed by atoms with E-state index in [1.54, 1.807) is 15.9 Å². The van der Waals surface area contributed by atoms with Gasteiger partial charge in [-0.05, 0) is 252 Å². The molecule has 0 heterocycles. The van der Waals surface area contributed by atoms with Crippen LogP contribution in [0.1, 0.15) is 289 Å². The van der Waals surface area contributed by atoms with Crippen LogP contribution in [0, 0.1) is 32.6 Å². The smallest absolute Gasteiger partial charge is 0.126 e. The molecule has 0 aliphatic heterocycles. The van der Waals surface area contributed by atoms with Gasteiger partial charge in [-0.15, -0.1) is 0 Å². The van der Waals surface area contributed by atoms with Gasteiger partial charge in [0.2, 0.25) is 0 Å². The molecule has 3 nitrogen and oxygen atoms in total. The van der Waals surface area contributed by atoms with Crippen molar-refractivity contribution in [2.24, 2.45) is 11.8 Å². The Hall–Kier alpha value is -4.10. The summed E-state index contributed by atoms with van der Waals surface area (Å²) in [5, 5.41) is 6.23. The molecule has 2 aliphatic carbocycles. The minimum absolute atomic E-state index is 0.0476. The monoisotopic (exact) mass is 1290 g/mol. The third kappa shape index (κ3) is 17.3. The van der Waals surface area contributed by atoms with Crippen LogP contribution in [0.5, 0.6) is 5.75 Å². The van der Waals surface area contributed by atoms with Crippen LogP contribution in [0.25, 0.3) is 0 Å². The van der Waals surface area contributed by atoms with Crippen molar-refractivity contribution in [1.82, 2.24) is 9.80 Å². The second-order valence-corrected chi connectivity index (χ2v) is 42.1. The van der Waals surface area contributed by atoms with Crippen molar-refractivity contribution in [2.75, 3.05) is 35.3 Å². The van der Waals surface area contributed by atoms with E-state index in [0.29, 0.717) is 35.2 Å². The van der Waals surface area contributed by atoms with Crippen LogP contribution in [-0.4, -0.2) is 56.4 Å². The van der Waals surface area contributed by atoms with Crippen molar-refractivity contribution in [3.63, 3.8) is 0 Å². The first-order valence-corrected chi connectivity index (χ1v) is 38.6. The van der Waals surface area contributed by atoms with Gasteiger partial charge in [0.15, 0.2) is 0 Å². The molecule has 0 radical (unpaired) electrons. The van der Waals surface area contributed by atoms with Gasteiger partial charge >= 0.3 is 0 Å². The molecule has 2 aliphatic rings. The predicted octanol–water partition coefficient (Wildman–Crippen LogP) is 22.5. The summed E-state index contributed by atoms with van der Waals surface area (Å²) in [6.45, 7) is 64.5. The van der Waals surface area contributed by atoms with Gasteiger partial charge in [-0.2, -0.15) is 0 Å². The lowest BCUT2D eigenvalue weighted by Crippen LogP contribution is -2.35. The molecule has 0 aromatic heterocycles. The Morgan fingerprint density at radius 1 is 0.333 bits per heavy atom. The zero-order valence-electron chi connectivity index (χ0n) is 65.3. The van der Waals surface area contributed by atoms with Crippen molar-refractivity contribution < 1.29 is 4.74 Å². The molecule has 0 spiro atoms. The molecule has 0 saturated heterocycles. The second-order valence-electron chi connectivity index (χ2n) is 37.3. The molecule has 0 amide bonds. The van der Waals surface area contributed by atoms with Crippen LogP contribution < -0.4 is 26.0 Å². The SMILES string of the molecule is COc1c(C(C)(C)C)cc(P(c2cc(C(C)(C)C)c(C)c(C(C)(C)C)c2)C2CCCC2[C@@H](c2ccccc2)N(C)C)cc1C(C)(C)C.Cc1c(C(C)(C)C)cc(P(c2cc(C(C)(C)C)c(C)c(C(C)(C)C)c2)C2CCCC2[C@@H](c2ccccc2)N(C)C)cc1C(C)(C)C.